The van der Waals surface area contributed by atoms with Gasteiger partial charge in [0.1, 0.15) is 6.54 Å². The molecule has 0 rings (SSSR count). The van der Waals surface area contributed by atoms with Crippen LogP contribution in [0.3, 0.4) is 0 Å². The Morgan fingerprint density at radius 2 is 1.54 bits per heavy atom. The van der Waals surface area contributed by atoms with Crippen molar-refractivity contribution in [1.29, 1.82) is 0 Å². The molecule has 3 atom stereocenters. The summed E-state index contributed by atoms with van der Waals surface area (Å²) in [7, 11) is 5.62. The normalized spacial score (nSPS) is 15.3. The van der Waals surface area contributed by atoms with Crippen molar-refractivity contribution in [3.05, 3.63) is 0 Å². The zero-order valence-electron chi connectivity index (χ0n) is 16.8. The van der Waals surface area contributed by atoms with Crippen molar-refractivity contribution >= 4 is 11.9 Å². The Morgan fingerprint density at radius 3 is 2.08 bits per heavy atom. The number of likely N-dealkylation sites (N-methyl/N-ethyl adjacent to an activating group) is 1. The van der Waals surface area contributed by atoms with Gasteiger partial charge < -0.3 is 29.3 Å². The van der Waals surface area contributed by atoms with Crippen LogP contribution in [-0.4, -0.2) is 72.6 Å². The number of carbonyl (C=O) groups excluding carboxylic acids is 2. The first kappa shape index (κ1) is 24.8. The van der Waals surface area contributed by atoms with Gasteiger partial charge in [0.2, 0.25) is 0 Å². The molecule has 7 heteroatoms. The highest BCUT2D eigenvalue weighted by atomic mass is 16.5. The molecule has 0 saturated carbocycles. The average Bonchev–Trinajstić information content (AvgIpc) is 2.44. The Balaban J connectivity index is 4.16. The molecular formula is C19H37NO6. The predicted octanol–water partition coefficient (Wildman–Crippen LogP) is 0.607. The van der Waals surface area contributed by atoms with Crippen LogP contribution in [0.25, 0.3) is 0 Å². The van der Waals surface area contributed by atoms with E-state index in [1.54, 1.807) is 0 Å². The van der Waals surface area contributed by atoms with E-state index >= 15 is 0 Å². The summed E-state index contributed by atoms with van der Waals surface area (Å²) in [6.07, 6.45) is 3.09. The lowest BCUT2D eigenvalue weighted by Crippen LogP contribution is -2.45. The fraction of sp³-hybridized carbons (Fsp3) is 0.895. The maximum atomic E-state index is 12.0. The van der Waals surface area contributed by atoms with Crippen molar-refractivity contribution in [3.8, 4) is 0 Å². The number of unbranched alkanes of at least 4 members (excludes halogenated alkanes) is 2. The first-order chi connectivity index (χ1) is 12.0. The molecule has 0 fully saturated rings. The first-order valence-electron chi connectivity index (χ1n) is 9.59. The van der Waals surface area contributed by atoms with Gasteiger partial charge in [0.15, 0.2) is 6.10 Å². The Morgan fingerprint density at radius 1 is 0.962 bits per heavy atom. The molecule has 26 heavy (non-hydrogen) atoms. The summed E-state index contributed by atoms with van der Waals surface area (Å²) >= 11 is 0. The van der Waals surface area contributed by atoms with E-state index in [1.807, 2.05) is 21.1 Å². The van der Waals surface area contributed by atoms with E-state index in [0.717, 1.165) is 25.7 Å². The average molecular weight is 376 g/mol. The molecule has 0 aliphatic rings. The molecule has 7 nitrogen and oxygen atoms in total. The van der Waals surface area contributed by atoms with Gasteiger partial charge in [-0.25, -0.2) is 0 Å². The van der Waals surface area contributed by atoms with Crippen molar-refractivity contribution < 1.29 is 34.1 Å². The van der Waals surface area contributed by atoms with Crippen LogP contribution in [0.15, 0.2) is 0 Å². The number of quaternary nitrogens is 1. The quantitative estimate of drug-likeness (QED) is 0.247. The van der Waals surface area contributed by atoms with Gasteiger partial charge in [0.25, 0.3) is 0 Å². The summed E-state index contributed by atoms with van der Waals surface area (Å²) in [5.41, 5.74) is 0. The largest absolute Gasteiger partial charge is 0.550 e. The van der Waals surface area contributed by atoms with Gasteiger partial charge in [-0.1, -0.05) is 26.2 Å². The topological polar surface area (TPSA) is 107 Å². The van der Waals surface area contributed by atoms with Crippen LogP contribution >= 0.6 is 0 Å². The summed E-state index contributed by atoms with van der Waals surface area (Å²) in [5.74, 6) is -1.88. The number of aliphatic carboxylic acids is 1. The third-order valence-corrected chi connectivity index (χ3v) is 4.06. The number of ether oxygens (including phenoxy) is 1. The van der Waals surface area contributed by atoms with Crippen LogP contribution in [0.5, 0.6) is 0 Å². The minimum atomic E-state index is -1.27. The van der Waals surface area contributed by atoms with Gasteiger partial charge in [0, 0.05) is 12.4 Å². The van der Waals surface area contributed by atoms with Gasteiger partial charge in [-0.2, -0.15) is 0 Å². The van der Waals surface area contributed by atoms with Gasteiger partial charge in [-0.05, 0) is 25.7 Å². The maximum Gasteiger partial charge on any atom is 0.308 e. The number of hydrogen-bond acceptors (Lipinski definition) is 6. The van der Waals surface area contributed by atoms with Crippen LogP contribution in [0.2, 0.25) is 0 Å². The number of aliphatic hydroxyl groups excluding tert-OH is 2. The second-order valence-corrected chi connectivity index (χ2v) is 8.10. The molecule has 0 heterocycles. The van der Waals surface area contributed by atoms with Crippen molar-refractivity contribution in [1.82, 2.24) is 0 Å². The third kappa shape index (κ3) is 15.1. The lowest BCUT2D eigenvalue weighted by molar-refractivity contribution is -0.873. The van der Waals surface area contributed by atoms with Crippen molar-refractivity contribution in [2.45, 2.75) is 83.0 Å². The lowest BCUT2D eigenvalue weighted by Gasteiger charge is -2.29. The number of hydrogen-bond donors (Lipinski definition) is 2. The number of rotatable bonds is 15. The fourth-order valence-electron chi connectivity index (χ4n) is 2.83. The van der Waals surface area contributed by atoms with Crippen molar-refractivity contribution in [2.75, 3.05) is 27.7 Å². The predicted molar refractivity (Wildman–Crippen MR) is 97.0 cm³/mol. The molecular weight excluding hydrogens is 338 g/mol. The molecule has 0 aliphatic carbocycles. The maximum absolute atomic E-state index is 12.0. The molecule has 0 aliphatic heterocycles. The van der Waals surface area contributed by atoms with Crippen LogP contribution < -0.4 is 5.11 Å². The summed E-state index contributed by atoms with van der Waals surface area (Å²) in [6.45, 7) is 2.46. The van der Waals surface area contributed by atoms with Crippen LogP contribution in [-0.2, 0) is 14.3 Å². The van der Waals surface area contributed by atoms with Crippen LogP contribution in [0.1, 0.15) is 64.7 Å². The van der Waals surface area contributed by atoms with Gasteiger partial charge in [0.05, 0.1) is 39.8 Å². The third-order valence-electron chi connectivity index (χ3n) is 4.06. The zero-order chi connectivity index (χ0) is 20.2. The smallest absolute Gasteiger partial charge is 0.308 e. The second kappa shape index (κ2) is 13.1. The Labute approximate surface area is 157 Å². The SMILES string of the molecule is CCCCCC(O)CCCC(O)CC(=O)OC(CC(=O)[O-])C[N+](C)(C)C. The number of carboxylic acid groups (broad SMARTS) is 1. The van der Waals surface area contributed by atoms with Crippen molar-refractivity contribution in [2.24, 2.45) is 0 Å². The van der Waals surface area contributed by atoms with E-state index in [1.165, 1.54) is 0 Å². The van der Waals surface area contributed by atoms with Crippen LogP contribution in [0, 0.1) is 0 Å². The highest BCUT2D eigenvalue weighted by Crippen LogP contribution is 2.13. The second-order valence-electron chi connectivity index (χ2n) is 8.10. The molecule has 0 amide bonds. The van der Waals surface area contributed by atoms with E-state index in [-0.39, 0.29) is 18.9 Å². The Kier molecular flexibility index (Phi) is 12.5. The summed E-state index contributed by atoms with van der Waals surface area (Å²) < 4.78 is 5.66. The highest BCUT2D eigenvalue weighted by Gasteiger charge is 2.23. The van der Waals surface area contributed by atoms with E-state index in [9.17, 15) is 24.9 Å². The Hall–Kier alpha value is -1.18. The van der Waals surface area contributed by atoms with Crippen molar-refractivity contribution in [3.63, 3.8) is 0 Å². The monoisotopic (exact) mass is 375 g/mol. The minimum Gasteiger partial charge on any atom is -0.550 e. The molecule has 0 spiro atoms. The summed E-state index contributed by atoms with van der Waals surface area (Å²) in [5, 5.41) is 30.6. The Bertz CT molecular complexity index is 407. The zero-order valence-corrected chi connectivity index (χ0v) is 16.8. The molecule has 0 aromatic heterocycles. The number of nitrogens with zero attached hydrogens (tertiary/aromatic N) is 1. The molecule has 0 aromatic rings. The summed E-state index contributed by atoms with van der Waals surface area (Å²) in [6, 6.07) is 0. The fourth-order valence-corrected chi connectivity index (χ4v) is 2.83. The van der Waals surface area contributed by atoms with Crippen LogP contribution in [0.4, 0.5) is 0 Å². The van der Waals surface area contributed by atoms with E-state index in [0.29, 0.717) is 30.3 Å². The molecule has 154 valence electrons. The van der Waals surface area contributed by atoms with Gasteiger partial charge in [-0.15, -0.1) is 0 Å². The minimum absolute atomic E-state index is 0.174. The van der Waals surface area contributed by atoms with E-state index in [2.05, 4.69) is 6.92 Å². The van der Waals surface area contributed by atoms with E-state index < -0.39 is 24.1 Å². The molecule has 3 unspecified atom stereocenters. The molecule has 2 N–H and O–H groups in total. The number of aliphatic hydroxyl groups is 2. The number of carbonyl (C=O) groups is 2. The standard InChI is InChI=1S/C19H37NO6/c1-5-6-7-9-15(21)10-8-11-16(22)12-19(25)26-17(13-18(23)24)14-20(2,3)4/h15-17,21-22H,5-14H2,1-4H3. The lowest BCUT2D eigenvalue weighted by atomic mass is 10.0. The van der Waals surface area contributed by atoms with E-state index in [4.69, 9.17) is 4.74 Å². The van der Waals surface area contributed by atoms with Gasteiger partial charge in [-0.3, -0.25) is 4.79 Å². The molecule has 0 aromatic carbocycles. The molecule has 0 saturated heterocycles. The number of esters is 1. The van der Waals surface area contributed by atoms with Gasteiger partial charge >= 0.3 is 5.97 Å². The number of carboxylic acids is 1. The first-order valence-corrected chi connectivity index (χ1v) is 9.59. The molecule has 0 bridgehead atoms. The summed E-state index contributed by atoms with van der Waals surface area (Å²) in [4.78, 5) is 22.8. The molecule has 0 radical (unpaired) electrons. The highest BCUT2D eigenvalue weighted by molar-refractivity contribution is 5.71.